The van der Waals surface area contributed by atoms with Crippen LogP contribution in [0.5, 0.6) is 0 Å². The molecule has 0 saturated carbocycles. The van der Waals surface area contributed by atoms with Crippen LogP contribution in [-0.4, -0.2) is 72.4 Å². The molecule has 0 bridgehead atoms. The number of nitrogens with two attached hydrogens (primary N) is 1. The fourth-order valence-electron chi connectivity index (χ4n) is 5.95. The lowest BCUT2D eigenvalue weighted by Gasteiger charge is -2.43. The normalized spacial score (nSPS) is 15.8. The summed E-state index contributed by atoms with van der Waals surface area (Å²) >= 11 is 0. The number of likely N-dealkylation sites (tertiary alicyclic amines) is 1. The van der Waals surface area contributed by atoms with Gasteiger partial charge in [-0.15, -0.1) is 0 Å². The second kappa shape index (κ2) is 14.2. The molecule has 3 aromatic rings. The molecule has 7 nitrogen and oxygen atoms in total. The van der Waals surface area contributed by atoms with Crippen molar-refractivity contribution in [3.05, 3.63) is 108 Å². The van der Waals surface area contributed by atoms with Gasteiger partial charge in [0.05, 0.1) is 5.41 Å². The van der Waals surface area contributed by atoms with Crippen molar-refractivity contribution in [2.75, 3.05) is 34.2 Å². The van der Waals surface area contributed by atoms with Crippen LogP contribution in [0, 0.1) is 5.41 Å². The predicted molar refractivity (Wildman–Crippen MR) is 181 cm³/mol. The molecule has 3 N–H and O–H groups in total. The Balaban J connectivity index is 1.57. The first-order valence-electron chi connectivity index (χ1n) is 15.5. The van der Waals surface area contributed by atoms with Crippen molar-refractivity contribution in [2.24, 2.45) is 11.1 Å². The van der Waals surface area contributed by atoms with Crippen LogP contribution in [0.4, 0.5) is 0 Å². The van der Waals surface area contributed by atoms with Gasteiger partial charge >= 0.3 is 0 Å². The summed E-state index contributed by atoms with van der Waals surface area (Å²) in [6, 6.07) is 24.4. The number of nitrogens with zero attached hydrogens (tertiary/aromatic N) is 3. The molecule has 1 heterocycles. The molecule has 4 rings (SSSR count). The molecule has 44 heavy (non-hydrogen) atoms. The highest BCUT2D eigenvalue weighted by molar-refractivity contribution is 5.86. The molecule has 1 fully saturated rings. The van der Waals surface area contributed by atoms with Gasteiger partial charge in [0.2, 0.25) is 11.8 Å². The van der Waals surface area contributed by atoms with E-state index in [9.17, 15) is 9.59 Å². The molecule has 0 spiro atoms. The number of carbonyl (C=O) groups is 2. The highest BCUT2D eigenvalue weighted by Crippen LogP contribution is 2.36. The molecule has 1 atom stereocenters. The Labute approximate surface area is 263 Å². The standard InChI is InChI=1S/C37H49N5O2/c1-28(13-12-20-36(2,3)38)41(6)33(26-30-18-19-31-16-10-11-17-32(31)25-30)34(43)42-23-21-37(22-24-42,35(44)39-40(4)5)27-29-14-8-7-9-15-29/h7-19,25,33H,1,20-24,26-27,38H2,2-6H3,(H,39,44)/b13-12+/t33-/m1/s1. The summed E-state index contributed by atoms with van der Waals surface area (Å²) in [6.07, 6.45) is 7.05. The van der Waals surface area contributed by atoms with Crippen LogP contribution >= 0.6 is 0 Å². The number of rotatable bonds is 12. The van der Waals surface area contributed by atoms with E-state index >= 15 is 0 Å². The van der Waals surface area contributed by atoms with E-state index in [4.69, 9.17) is 5.73 Å². The van der Waals surface area contributed by atoms with Crippen LogP contribution in [0.15, 0.2) is 97.2 Å². The van der Waals surface area contributed by atoms with Crippen molar-refractivity contribution in [1.29, 1.82) is 0 Å². The van der Waals surface area contributed by atoms with Gasteiger partial charge in [-0.3, -0.25) is 15.0 Å². The number of likely N-dealkylation sites (N-methyl/N-ethyl adjacent to an activating group) is 1. The molecule has 234 valence electrons. The van der Waals surface area contributed by atoms with Gasteiger partial charge in [0.1, 0.15) is 6.04 Å². The molecule has 3 aromatic carbocycles. The maximum absolute atomic E-state index is 14.4. The lowest BCUT2D eigenvalue weighted by Crippen LogP contribution is -2.56. The molecule has 0 aromatic heterocycles. The van der Waals surface area contributed by atoms with E-state index in [0.29, 0.717) is 45.2 Å². The minimum Gasteiger partial charge on any atom is -0.363 e. The van der Waals surface area contributed by atoms with Crippen LogP contribution in [0.2, 0.25) is 0 Å². The fourth-order valence-corrected chi connectivity index (χ4v) is 5.95. The molecule has 1 aliphatic rings. The monoisotopic (exact) mass is 595 g/mol. The van der Waals surface area contributed by atoms with Crippen LogP contribution in [0.25, 0.3) is 10.8 Å². The van der Waals surface area contributed by atoms with Gasteiger partial charge in [0.25, 0.3) is 0 Å². The quantitative estimate of drug-likeness (QED) is 0.219. The SMILES string of the molecule is C=C(/C=C/CC(C)(C)N)N(C)[C@H](Cc1ccc2ccccc2c1)C(=O)N1CCC(Cc2ccccc2)(C(=O)NN(C)C)CC1. The Morgan fingerprint density at radius 3 is 2.25 bits per heavy atom. The Bertz CT molecular complexity index is 1470. The number of piperidine rings is 1. The van der Waals surface area contributed by atoms with Crippen LogP contribution in [0.3, 0.4) is 0 Å². The third-order valence-electron chi connectivity index (χ3n) is 8.63. The molecule has 7 heteroatoms. The predicted octanol–water partition coefficient (Wildman–Crippen LogP) is 5.32. The smallest absolute Gasteiger partial charge is 0.245 e. The highest BCUT2D eigenvalue weighted by atomic mass is 16.2. The molecular weight excluding hydrogens is 546 g/mol. The molecule has 1 saturated heterocycles. The number of benzene rings is 3. The summed E-state index contributed by atoms with van der Waals surface area (Å²) in [5.41, 5.74) is 11.2. The van der Waals surface area contributed by atoms with Crippen LogP contribution in [-0.2, 0) is 22.4 Å². The Morgan fingerprint density at radius 2 is 1.61 bits per heavy atom. The summed E-state index contributed by atoms with van der Waals surface area (Å²) in [6.45, 7) is 9.31. The van der Waals surface area contributed by atoms with Gasteiger partial charge < -0.3 is 15.5 Å². The topological polar surface area (TPSA) is 81.9 Å². The van der Waals surface area contributed by atoms with Crippen molar-refractivity contribution in [2.45, 2.75) is 57.5 Å². The van der Waals surface area contributed by atoms with E-state index in [1.165, 1.54) is 5.39 Å². The average Bonchev–Trinajstić information content (AvgIpc) is 2.99. The van der Waals surface area contributed by atoms with Gasteiger partial charge in [-0.2, -0.15) is 0 Å². The van der Waals surface area contributed by atoms with Crippen molar-refractivity contribution in [3.8, 4) is 0 Å². The molecule has 2 amide bonds. The van der Waals surface area contributed by atoms with Gasteiger partial charge in [-0.1, -0.05) is 85.5 Å². The molecule has 0 radical (unpaired) electrons. The van der Waals surface area contributed by atoms with E-state index in [-0.39, 0.29) is 17.4 Å². The lowest BCUT2D eigenvalue weighted by molar-refractivity contribution is -0.145. The number of hydrazine groups is 1. The maximum atomic E-state index is 14.4. The van der Waals surface area contributed by atoms with Crippen molar-refractivity contribution < 1.29 is 9.59 Å². The van der Waals surface area contributed by atoms with E-state index < -0.39 is 11.5 Å². The Morgan fingerprint density at radius 1 is 0.977 bits per heavy atom. The Hall–Kier alpha value is -3.94. The zero-order valence-electron chi connectivity index (χ0n) is 27.1. The number of hydrogen-bond donors (Lipinski definition) is 2. The third-order valence-corrected chi connectivity index (χ3v) is 8.63. The van der Waals surface area contributed by atoms with Crippen LogP contribution in [0.1, 0.15) is 44.2 Å². The number of carbonyl (C=O) groups excluding carboxylic acids is 2. The van der Waals surface area contributed by atoms with Crippen molar-refractivity contribution >= 4 is 22.6 Å². The third kappa shape index (κ3) is 8.58. The summed E-state index contributed by atoms with van der Waals surface area (Å²) in [5.74, 6) is 0.0559. The first kappa shape index (κ1) is 33.0. The van der Waals surface area contributed by atoms with Crippen molar-refractivity contribution in [1.82, 2.24) is 20.2 Å². The highest BCUT2D eigenvalue weighted by Gasteiger charge is 2.43. The minimum atomic E-state index is -0.594. The van der Waals surface area contributed by atoms with E-state index in [0.717, 1.165) is 22.2 Å². The summed E-state index contributed by atoms with van der Waals surface area (Å²) in [5, 5.41) is 4.02. The number of allylic oxidation sites excluding steroid dienone is 1. The summed E-state index contributed by atoms with van der Waals surface area (Å²) < 4.78 is 0. The second-order valence-electron chi connectivity index (χ2n) is 13.2. The second-order valence-corrected chi connectivity index (χ2v) is 13.2. The number of hydrogen-bond acceptors (Lipinski definition) is 5. The fraction of sp³-hybridized carbons (Fsp3) is 0.405. The molecule has 0 aliphatic carbocycles. The van der Waals surface area contributed by atoms with Crippen molar-refractivity contribution in [3.63, 3.8) is 0 Å². The summed E-state index contributed by atoms with van der Waals surface area (Å²) in [7, 11) is 5.60. The zero-order chi connectivity index (χ0) is 31.9. The van der Waals surface area contributed by atoms with Gasteiger partial charge in [-0.05, 0) is 67.5 Å². The lowest BCUT2D eigenvalue weighted by atomic mass is 9.73. The van der Waals surface area contributed by atoms with Gasteiger partial charge in [0, 0.05) is 51.9 Å². The molecule has 0 unspecified atom stereocenters. The zero-order valence-corrected chi connectivity index (χ0v) is 27.1. The van der Waals surface area contributed by atoms with Gasteiger partial charge in [-0.25, -0.2) is 5.01 Å². The number of nitrogens with one attached hydrogen (secondary N) is 1. The summed E-state index contributed by atoms with van der Waals surface area (Å²) in [4.78, 5) is 31.8. The first-order chi connectivity index (χ1) is 20.9. The van der Waals surface area contributed by atoms with Gasteiger partial charge in [0.15, 0.2) is 0 Å². The van der Waals surface area contributed by atoms with E-state index in [2.05, 4.69) is 54.5 Å². The number of amides is 2. The van der Waals surface area contributed by atoms with E-state index in [1.807, 2.05) is 87.3 Å². The minimum absolute atomic E-state index is 0.00428. The maximum Gasteiger partial charge on any atom is 0.245 e. The largest absolute Gasteiger partial charge is 0.363 e. The van der Waals surface area contributed by atoms with Crippen LogP contribution < -0.4 is 11.2 Å². The van der Waals surface area contributed by atoms with E-state index in [1.54, 1.807) is 5.01 Å². The number of fused-ring (bicyclic) bond motifs is 1. The first-order valence-corrected chi connectivity index (χ1v) is 15.5. The average molecular weight is 596 g/mol. The molecule has 1 aliphatic heterocycles. The molecular formula is C37H49N5O2. The Kier molecular flexibility index (Phi) is 10.7.